The molecule has 1 aliphatic heterocycles. The molecule has 1 aliphatic carbocycles. The van der Waals surface area contributed by atoms with Crippen LogP contribution in [-0.4, -0.2) is 40.2 Å². The summed E-state index contributed by atoms with van der Waals surface area (Å²) in [6.07, 6.45) is 0.311. The van der Waals surface area contributed by atoms with Crippen LogP contribution in [0.25, 0.3) is 0 Å². The summed E-state index contributed by atoms with van der Waals surface area (Å²) in [5.74, 6) is 0.623. The van der Waals surface area contributed by atoms with Crippen LogP contribution in [0.1, 0.15) is 61.9 Å². The van der Waals surface area contributed by atoms with E-state index in [1.54, 1.807) is 11.6 Å². The van der Waals surface area contributed by atoms with E-state index in [4.69, 9.17) is 0 Å². The van der Waals surface area contributed by atoms with E-state index in [1.807, 2.05) is 0 Å². The molecule has 2 heterocycles. The Balaban J connectivity index is 1.53. The van der Waals surface area contributed by atoms with E-state index >= 15 is 0 Å². The lowest BCUT2D eigenvalue weighted by molar-refractivity contribution is -0.137. The molecule has 0 atom stereocenters. The molecule has 0 bridgehead atoms. The molecule has 11 heteroatoms. The van der Waals surface area contributed by atoms with Crippen LogP contribution in [0, 0.1) is 0 Å². The molecule has 2 fully saturated rings. The van der Waals surface area contributed by atoms with Gasteiger partial charge in [0.05, 0.1) is 10.5 Å². The topological polar surface area (TPSA) is 77.2 Å². The standard InChI is InChI=1S/C20H25F3N4O3S/c1-25-19(28)27(16-6-2-3-7-16)18(24-25)14-9-11-26(12-10-14)31(29,30)17-8-4-5-15(13-17)20(21,22)23/h4-5,8,13-14,16H,2-3,6-7,9-12H2,1H3. The van der Waals surface area contributed by atoms with Crippen molar-refractivity contribution in [2.75, 3.05) is 13.1 Å². The molecule has 0 unspecified atom stereocenters. The Morgan fingerprint density at radius 3 is 2.32 bits per heavy atom. The van der Waals surface area contributed by atoms with Crippen molar-refractivity contribution >= 4 is 10.0 Å². The van der Waals surface area contributed by atoms with Crippen molar-refractivity contribution in [2.24, 2.45) is 7.05 Å². The zero-order valence-corrected chi connectivity index (χ0v) is 18.0. The third-order valence-corrected chi connectivity index (χ3v) is 8.18. The third-order valence-electron chi connectivity index (χ3n) is 6.29. The number of hydrogen-bond donors (Lipinski definition) is 0. The molecule has 1 saturated heterocycles. The maximum atomic E-state index is 13.0. The predicted molar refractivity (Wildman–Crippen MR) is 107 cm³/mol. The van der Waals surface area contributed by atoms with Gasteiger partial charge in [-0.2, -0.15) is 22.6 Å². The van der Waals surface area contributed by atoms with Crippen LogP contribution in [-0.2, 0) is 23.2 Å². The number of aryl methyl sites for hydroxylation is 1. The number of piperidine rings is 1. The second-order valence-corrected chi connectivity index (χ2v) is 10.2. The average molecular weight is 459 g/mol. The van der Waals surface area contributed by atoms with Gasteiger partial charge in [0.1, 0.15) is 5.82 Å². The van der Waals surface area contributed by atoms with Gasteiger partial charge in [0, 0.05) is 32.1 Å². The smallest absolute Gasteiger partial charge is 0.276 e. The Hall–Kier alpha value is -2.14. The molecule has 31 heavy (non-hydrogen) atoms. The number of alkyl halides is 3. The summed E-state index contributed by atoms with van der Waals surface area (Å²) >= 11 is 0. The second-order valence-electron chi connectivity index (χ2n) is 8.28. The van der Waals surface area contributed by atoms with Crippen molar-refractivity contribution in [3.8, 4) is 0 Å². The van der Waals surface area contributed by atoms with Crippen molar-refractivity contribution in [2.45, 2.75) is 61.6 Å². The van der Waals surface area contributed by atoms with Crippen LogP contribution in [0.5, 0.6) is 0 Å². The molecule has 170 valence electrons. The van der Waals surface area contributed by atoms with E-state index in [2.05, 4.69) is 5.10 Å². The predicted octanol–water partition coefficient (Wildman–Crippen LogP) is 3.28. The minimum Gasteiger partial charge on any atom is -0.276 e. The van der Waals surface area contributed by atoms with Gasteiger partial charge in [-0.3, -0.25) is 4.57 Å². The molecular formula is C20H25F3N4O3S. The highest BCUT2D eigenvalue weighted by atomic mass is 32.2. The van der Waals surface area contributed by atoms with Crippen molar-refractivity contribution < 1.29 is 21.6 Å². The minimum atomic E-state index is -4.61. The first-order valence-corrected chi connectivity index (χ1v) is 11.9. The maximum Gasteiger partial charge on any atom is 0.416 e. The number of hydrogen-bond acceptors (Lipinski definition) is 4. The van der Waals surface area contributed by atoms with E-state index in [9.17, 15) is 26.4 Å². The van der Waals surface area contributed by atoms with Crippen LogP contribution < -0.4 is 5.69 Å². The Morgan fingerprint density at radius 1 is 1.06 bits per heavy atom. The van der Waals surface area contributed by atoms with Crippen molar-refractivity contribution in [1.29, 1.82) is 0 Å². The van der Waals surface area contributed by atoms with Crippen molar-refractivity contribution in [1.82, 2.24) is 18.7 Å². The Morgan fingerprint density at radius 2 is 1.71 bits per heavy atom. The van der Waals surface area contributed by atoms with Crippen LogP contribution >= 0.6 is 0 Å². The lowest BCUT2D eigenvalue weighted by Crippen LogP contribution is -2.38. The fourth-order valence-electron chi connectivity index (χ4n) is 4.62. The van der Waals surface area contributed by atoms with Crippen molar-refractivity contribution in [3.63, 3.8) is 0 Å². The van der Waals surface area contributed by atoms with E-state index in [0.717, 1.165) is 37.8 Å². The zero-order chi connectivity index (χ0) is 22.4. The highest BCUT2D eigenvalue weighted by Crippen LogP contribution is 2.35. The largest absolute Gasteiger partial charge is 0.416 e. The summed E-state index contributed by atoms with van der Waals surface area (Å²) in [5.41, 5.74) is -1.14. The van der Waals surface area contributed by atoms with E-state index < -0.39 is 21.8 Å². The lowest BCUT2D eigenvalue weighted by Gasteiger charge is -2.31. The molecule has 7 nitrogen and oxygen atoms in total. The van der Waals surface area contributed by atoms with E-state index in [0.29, 0.717) is 24.7 Å². The first kappa shape index (κ1) is 22.1. The number of halogens is 3. The Labute approximate surface area is 178 Å². The summed E-state index contributed by atoms with van der Waals surface area (Å²) in [5, 5.41) is 4.44. The van der Waals surface area contributed by atoms with Gasteiger partial charge in [0.15, 0.2) is 0 Å². The fourth-order valence-corrected chi connectivity index (χ4v) is 6.14. The molecule has 4 rings (SSSR count). The number of nitrogens with zero attached hydrogens (tertiary/aromatic N) is 4. The summed E-state index contributed by atoms with van der Waals surface area (Å²) < 4.78 is 69.2. The quantitative estimate of drug-likeness (QED) is 0.705. The molecule has 0 spiro atoms. The van der Waals surface area contributed by atoms with Gasteiger partial charge in [0.2, 0.25) is 10.0 Å². The molecule has 1 aromatic heterocycles. The molecule has 0 amide bonds. The minimum absolute atomic E-state index is 0.0672. The number of rotatable bonds is 4. The van der Waals surface area contributed by atoms with Gasteiger partial charge in [0.25, 0.3) is 0 Å². The summed E-state index contributed by atoms with van der Waals surface area (Å²) in [4.78, 5) is 12.2. The number of aromatic nitrogens is 3. The molecular weight excluding hydrogens is 433 g/mol. The number of sulfonamides is 1. The molecule has 1 saturated carbocycles. The average Bonchev–Trinajstić information content (AvgIpc) is 3.36. The highest BCUT2D eigenvalue weighted by molar-refractivity contribution is 7.89. The van der Waals surface area contributed by atoms with E-state index in [-0.39, 0.29) is 35.6 Å². The van der Waals surface area contributed by atoms with Gasteiger partial charge in [-0.1, -0.05) is 18.9 Å². The zero-order valence-electron chi connectivity index (χ0n) is 17.2. The van der Waals surface area contributed by atoms with Gasteiger partial charge >= 0.3 is 11.9 Å². The molecule has 0 N–H and O–H groups in total. The fraction of sp³-hybridized carbons (Fsp3) is 0.600. The van der Waals surface area contributed by atoms with Crippen LogP contribution in [0.4, 0.5) is 13.2 Å². The van der Waals surface area contributed by atoms with Crippen LogP contribution in [0.2, 0.25) is 0 Å². The summed E-state index contributed by atoms with van der Waals surface area (Å²) in [7, 11) is -2.42. The summed E-state index contributed by atoms with van der Waals surface area (Å²) in [6.45, 7) is 0.331. The lowest BCUT2D eigenvalue weighted by atomic mass is 9.97. The van der Waals surface area contributed by atoms with Crippen LogP contribution in [0.3, 0.4) is 0 Å². The second kappa shape index (κ2) is 8.09. The van der Waals surface area contributed by atoms with Gasteiger partial charge < -0.3 is 0 Å². The molecule has 2 aliphatic rings. The van der Waals surface area contributed by atoms with Crippen LogP contribution in [0.15, 0.2) is 34.0 Å². The number of benzene rings is 1. The van der Waals surface area contributed by atoms with Gasteiger partial charge in [-0.05, 0) is 43.9 Å². The van der Waals surface area contributed by atoms with Gasteiger partial charge in [-0.15, -0.1) is 0 Å². The summed E-state index contributed by atoms with van der Waals surface area (Å²) in [6, 6.07) is 3.96. The monoisotopic (exact) mass is 458 g/mol. The van der Waals surface area contributed by atoms with Crippen molar-refractivity contribution in [3.05, 3.63) is 46.1 Å². The third kappa shape index (κ3) is 4.17. The molecule has 2 aromatic rings. The Bertz CT molecular complexity index is 1110. The molecule has 1 aromatic carbocycles. The van der Waals surface area contributed by atoms with Gasteiger partial charge in [-0.25, -0.2) is 17.9 Å². The first-order valence-electron chi connectivity index (χ1n) is 10.4. The highest BCUT2D eigenvalue weighted by Gasteiger charge is 2.36. The normalized spacial score (nSPS) is 19.9. The first-order chi connectivity index (χ1) is 14.6. The SMILES string of the molecule is Cn1nc(C2CCN(S(=O)(=O)c3cccc(C(F)(F)F)c3)CC2)n(C2CCCC2)c1=O. The maximum absolute atomic E-state index is 13.0. The van der Waals surface area contributed by atoms with E-state index in [1.165, 1.54) is 15.1 Å². The molecule has 0 radical (unpaired) electrons. The Kier molecular flexibility index (Phi) is 5.76.